The zero-order valence-electron chi connectivity index (χ0n) is 21.2. The van der Waals surface area contributed by atoms with Crippen molar-refractivity contribution in [3.05, 3.63) is 71.3 Å². The number of anilines is 1. The average Bonchev–Trinajstić information content (AvgIpc) is 3.41. The summed E-state index contributed by atoms with van der Waals surface area (Å²) in [6.07, 6.45) is -7.43. The molecule has 0 spiro atoms. The molecular weight excluding hydrogens is 525 g/mol. The maximum atomic E-state index is 14.0. The molecule has 0 radical (unpaired) electrons. The van der Waals surface area contributed by atoms with Gasteiger partial charge in [0.15, 0.2) is 17.7 Å². The van der Waals surface area contributed by atoms with Crippen molar-refractivity contribution in [2.24, 2.45) is 0 Å². The fourth-order valence-corrected chi connectivity index (χ4v) is 4.57. The van der Waals surface area contributed by atoms with Gasteiger partial charge in [0, 0.05) is 25.6 Å². The molecule has 3 N–H and O–H groups in total. The number of aliphatic hydroxyl groups is 1. The molecular formula is C26H28F5N5O3. The predicted octanol–water partition coefficient (Wildman–Crippen LogP) is 4.37. The number of nitrogens with zero attached hydrogens (tertiary/aromatic N) is 3. The van der Waals surface area contributed by atoms with Crippen molar-refractivity contribution < 1.29 is 36.6 Å². The molecule has 4 rings (SSSR count). The Hall–Kier alpha value is -3.71. The summed E-state index contributed by atoms with van der Waals surface area (Å²) in [7, 11) is 0. The molecule has 3 atom stereocenters. The third-order valence-electron chi connectivity index (χ3n) is 6.49. The number of carbonyl (C=O) groups is 1. The molecule has 1 aliphatic heterocycles. The monoisotopic (exact) mass is 553 g/mol. The van der Waals surface area contributed by atoms with Crippen LogP contribution in [-0.2, 0) is 0 Å². The highest BCUT2D eigenvalue weighted by molar-refractivity contribution is 5.90. The summed E-state index contributed by atoms with van der Waals surface area (Å²) in [5.74, 6) is -2.24. The second kappa shape index (κ2) is 11.6. The van der Waals surface area contributed by atoms with E-state index in [9.17, 15) is 31.9 Å². The van der Waals surface area contributed by atoms with E-state index < -0.39 is 48.5 Å². The van der Waals surface area contributed by atoms with E-state index in [1.54, 1.807) is 38.1 Å². The van der Waals surface area contributed by atoms with Crippen LogP contribution in [0.15, 0.2) is 48.5 Å². The minimum atomic E-state index is -4.83. The number of hydrogen-bond acceptors (Lipinski definition) is 5. The minimum Gasteiger partial charge on any atom is -0.477 e. The first-order valence-electron chi connectivity index (χ1n) is 12.2. The first-order valence-corrected chi connectivity index (χ1v) is 12.2. The number of aliphatic hydroxyl groups excluding tert-OH is 1. The van der Waals surface area contributed by atoms with Crippen molar-refractivity contribution in [3.63, 3.8) is 0 Å². The van der Waals surface area contributed by atoms with E-state index in [0.29, 0.717) is 35.1 Å². The van der Waals surface area contributed by atoms with Gasteiger partial charge in [-0.15, -0.1) is 5.10 Å². The van der Waals surface area contributed by atoms with Gasteiger partial charge in [-0.1, -0.05) is 24.3 Å². The standard InChI is InChI=1S/C26H28F5N5O3/c1-3-39-24-15(2)23(36(34-24)17-7-5-4-6-8-17)33-25(38)32-21-13-35(14-22(37)26(29,30)31)12-18(21)16-9-10-19(27)20(28)11-16/h4-11,18,21-22,37H,3,12-14H2,1-2H3,(H2,32,33,38)/t18-,21+,22?/m0/s1. The van der Waals surface area contributed by atoms with E-state index in [1.165, 1.54) is 15.6 Å². The Morgan fingerprint density at radius 1 is 1.15 bits per heavy atom. The van der Waals surface area contributed by atoms with Gasteiger partial charge >= 0.3 is 12.2 Å². The molecule has 1 unspecified atom stereocenters. The molecule has 1 saturated heterocycles. The number of aromatic nitrogens is 2. The number of benzene rings is 2. The molecule has 13 heteroatoms. The van der Waals surface area contributed by atoms with Crippen LogP contribution in [0.5, 0.6) is 5.88 Å². The first-order chi connectivity index (χ1) is 18.5. The van der Waals surface area contributed by atoms with Crippen LogP contribution >= 0.6 is 0 Å². The molecule has 39 heavy (non-hydrogen) atoms. The molecule has 3 aromatic rings. The lowest BCUT2D eigenvalue weighted by molar-refractivity contribution is -0.207. The molecule has 0 saturated carbocycles. The van der Waals surface area contributed by atoms with E-state index in [4.69, 9.17) is 4.74 Å². The fraction of sp³-hybridized carbons (Fsp3) is 0.385. The van der Waals surface area contributed by atoms with Crippen LogP contribution in [0.1, 0.15) is 24.0 Å². The van der Waals surface area contributed by atoms with Crippen LogP contribution in [0.3, 0.4) is 0 Å². The van der Waals surface area contributed by atoms with Crippen molar-refractivity contribution in [1.82, 2.24) is 20.0 Å². The molecule has 2 amide bonds. The van der Waals surface area contributed by atoms with Gasteiger partial charge in [-0.3, -0.25) is 10.2 Å². The Bertz CT molecular complexity index is 1300. The van der Waals surface area contributed by atoms with E-state index in [-0.39, 0.29) is 13.1 Å². The third-order valence-corrected chi connectivity index (χ3v) is 6.49. The number of β-amino-alcohol motifs (C(OH)–C–C–N with tert-alkyl or cyclic N) is 1. The van der Waals surface area contributed by atoms with Crippen LogP contribution < -0.4 is 15.4 Å². The Morgan fingerprint density at radius 2 is 1.87 bits per heavy atom. The van der Waals surface area contributed by atoms with Gasteiger partial charge in [0.25, 0.3) is 0 Å². The number of urea groups is 1. The van der Waals surface area contributed by atoms with Crippen molar-refractivity contribution in [3.8, 4) is 11.6 Å². The highest BCUT2D eigenvalue weighted by Gasteiger charge is 2.43. The van der Waals surface area contributed by atoms with Gasteiger partial charge < -0.3 is 15.2 Å². The predicted molar refractivity (Wildman–Crippen MR) is 133 cm³/mol. The molecule has 2 aromatic carbocycles. The number of para-hydroxylation sites is 1. The van der Waals surface area contributed by atoms with E-state index in [0.717, 1.165) is 12.1 Å². The number of halogens is 5. The van der Waals surface area contributed by atoms with Gasteiger partial charge in [0.2, 0.25) is 5.88 Å². The third kappa shape index (κ3) is 6.48. The Kier molecular flexibility index (Phi) is 8.40. The van der Waals surface area contributed by atoms with E-state index in [2.05, 4.69) is 15.7 Å². The van der Waals surface area contributed by atoms with Crippen LogP contribution in [0.25, 0.3) is 5.69 Å². The Balaban J connectivity index is 1.58. The largest absolute Gasteiger partial charge is 0.477 e. The average molecular weight is 554 g/mol. The maximum absolute atomic E-state index is 14.0. The second-order valence-corrected chi connectivity index (χ2v) is 9.22. The van der Waals surface area contributed by atoms with E-state index >= 15 is 0 Å². The van der Waals surface area contributed by atoms with Crippen molar-refractivity contribution in [2.75, 3.05) is 31.6 Å². The molecule has 210 valence electrons. The lowest BCUT2D eigenvalue weighted by Crippen LogP contribution is -2.44. The van der Waals surface area contributed by atoms with Crippen LogP contribution in [0, 0.1) is 18.6 Å². The summed E-state index contributed by atoms with van der Waals surface area (Å²) in [5, 5.41) is 19.5. The van der Waals surface area contributed by atoms with Gasteiger partial charge in [-0.25, -0.2) is 18.3 Å². The maximum Gasteiger partial charge on any atom is 0.415 e. The fourth-order valence-electron chi connectivity index (χ4n) is 4.57. The smallest absolute Gasteiger partial charge is 0.415 e. The van der Waals surface area contributed by atoms with Gasteiger partial charge in [-0.05, 0) is 43.7 Å². The number of ether oxygens (including phenoxy) is 1. The highest BCUT2D eigenvalue weighted by atomic mass is 19.4. The quantitative estimate of drug-likeness (QED) is 0.361. The number of hydrogen-bond donors (Lipinski definition) is 3. The summed E-state index contributed by atoms with van der Waals surface area (Å²) in [5.41, 5.74) is 1.50. The molecule has 0 aliphatic carbocycles. The van der Waals surface area contributed by atoms with Crippen molar-refractivity contribution in [2.45, 2.75) is 38.1 Å². The molecule has 1 aromatic heterocycles. The number of carbonyl (C=O) groups excluding carboxylic acids is 1. The first kappa shape index (κ1) is 28.3. The SMILES string of the molecule is CCOc1nn(-c2ccccc2)c(NC(=O)N[C@@H]2CN(CC(O)C(F)(F)F)C[C@H]2c2ccc(F)c(F)c2)c1C. The van der Waals surface area contributed by atoms with Crippen molar-refractivity contribution in [1.29, 1.82) is 0 Å². The molecule has 1 fully saturated rings. The van der Waals surface area contributed by atoms with Crippen molar-refractivity contribution >= 4 is 11.8 Å². The lowest BCUT2D eigenvalue weighted by atomic mass is 9.94. The summed E-state index contributed by atoms with van der Waals surface area (Å²) < 4.78 is 73.5. The summed E-state index contributed by atoms with van der Waals surface area (Å²) in [6.45, 7) is 3.02. The molecule has 8 nitrogen and oxygen atoms in total. The molecule has 2 heterocycles. The van der Waals surface area contributed by atoms with E-state index in [1.807, 2.05) is 6.07 Å². The van der Waals surface area contributed by atoms with Crippen LogP contribution in [0.4, 0.5) is 32.6 Å². The van der Waals surface area contributed by atoms with Gasteiger partial charge in [0.1, 0.15) is 5.82 Å². The van der Waals surface area contributed by atoms with Crippen LogP contribution in [0.2, 0.25) is 0 Å². The van der Waals surface area contributed by atoms with Gasteiger partial charge in [-0.2, -0.15) is 13.2 Å². The zero-order valence-corrected chi connectivity index (χ0v) is 21.2. The highest BCUT2D eigenvalue weighted by Crippen LogP contribution is 2.32. The topological polar surface area (TPSA) is 91.6 Å². The molecule has 1 aliphatic rings. The van der Waals surface area contributed by atoms with Gasteiger partial charge in [0.05, 0.1) is 23.9 Å². The Morgan fingerprint density at radius 3 is 2.51 bits per heavy atom. The Labute approximate surface area is 221 Å². The normalized spacial score (nSPS) is 18.7. The number of likely N-dealkylation sites (tertiary alicyclic amines) is 1. The summed E-state index contributed by atoms with van der Waals surface area (Å²) >= 11 is 0. The summed E-state index contributed by atoms with van der Waals surface area (Å²) in [6, 6.07) is 10.7. The lowest BCUT2D eigenvalue weighted by Gasteiger charge is -2.22. The number of rotatable bonds is 8. The molecule has 0 bridgehead atoms. The summed E-state index contributed by atoms with van der Waals surface area (Å²) in [4.78, 5) is 14.5. The number of amides is 2. The van der Waals surface area contributed by atoms with Crippen LogP contribution in [-0.4, -0.2) is 70.4 Å². The number of alkyl halides is 3. The zero-order chi connectivity index (χ0) is 28.3. The minimum absolute atomic E-state index is 0.0291. The number of nitrogens with one attached hydrogen (secondary N) is 2. The second-order valence-electron chi connectivity index (χ2n) is 9.22.